The molecule has 0 aromatic heterocycles. The third-order valence-electron chi connectivity index (χ3n) is 2.03. The minimum absolute atomic E-state index is 0.282. The van der Waals surface area contributed by atoms with Crippen LogP contribution in [0.4, 0.5) is 0 Å². The Morgan fingerprint density at radius 3 is 2.75 bits per heavy atom. The van der Waals surface area contributed by atoms with Gasteiger partial charge in [0.1, 0.15) is 0 Å². The lowest BCUT2D eigenvalue weighted by molar-refractivity contribution is 0.605. The van der Waals surface area contributed by atoms with E-state index in [4.69, 9.17) is 5.73 Å². The summed E-state index contributed by atoms with van der Waals surface area (Å²) < 4.78 is 0. The summed E-state index contributed by atoms with van der Waals surface area (Å²) in [6.07, 6.45) is 0. The Balaban J connectivity index is 2.85. The van der Waals surface area contributed by atoms with Crippen LogP contribution in [-0.4, -0.2) is 13.6 Å². The fourth-order valence-corrected chi connectivity index (χ4v) is 1.31. The Hall–Kier alpha value is -0.860. The summed E-state index contributed by atoms with van der Waals surface area (Å²) in [5.74, 6) is 0. The number of hydrogen-bond acceptors (Lipinski definition) is 2. The van der Waals surface area contributed by atoms with E-state index in [-0.39, 0.29) is 6.04 Å². The highest BCUT2D eigenvalue weighted by Crippen LogP contribution is 2.12. The van der Waals surface area contributed by atoms with E-state index in [1.165, 1.54) is 11.1 Å². The quantitative estimate of drug-likeness (QED) is 0.704. The van der Waals surface area contributed by atoms with Gasteiger partial charge in [-0.3, -0.25) is 0 Å². The molecule has 1 aromatic carbocycles. The summed E-state index contributed by atoms with van der Waals surface area (Å²) in [5, 5.41) is 3.17. The zero-order valence-electron chi connectivity index (χ0n) is 7.67. The summed E-state index contributed by atoms with van der Waals surface area (Å²) in [4.78, 5) is 0. The van der Waals surface area contributed by atoms with Gasteiger partial charge in [-0.25, -0.2) is 0 Å². The Kier molecular flexibility index (Phi) is 3.26. The molecule has 3 N–H and O–H groups in total. The zero-order chi connectivity index (χ0) is 8.97. The average molecular weight is 164 g/mol. The molecule has 1 aromatic rings. The predicted octanol–water partition coefficient (Wildman–Crippen LogP) is 1.21. The van der Waals surface area contributed by atoms with E-state index in [0.717, 1.165) is 0 Å². The molecule has 0 unspecified atom stereocenters. The minimum atomic E-state index is 0.282. The van der Waals surface area contributed by atoms with Crippen molar-refractivity contribution in [2.45, 2.75) is 13.0 Å². The number of hydrogen-bond donors (Lipinski definition) is 2. The molecule has 0 amide bonds. The van der Waals surface area contributed by atoms with Gasteiger partial charge in [-0.05, 0) is 19.5 Å². The van der Waals surface area contributed by atoms with Crippen LogP contribution in [0.15, 0.2) is 24.3 Å². The predicted molar refractivity (Wildman–Crippen MR) is 52.0 cm³/mol. The highest BCUT2D eigenvalue weighted by atomic mass is 14.9. The molecule has 0 bridgehead atoms. The molecule has 1 atom stereocenters. The molecule has 1 rings (SSSR count). The maximum absolute atomic E-state index is 5.60. The van der Waals surface area contributed by atoms with Gasteiger partial charge in [0, 0.05) is 12.6 Å². The second-order valence-electron chi connectivity index (χ2n) is 2.99. The van der Waals surface area contributed by atoms with Crippen LogP contribution in [0.3, 0.4) is 0 Å². The number of aryl methyl sites for hydroxylation is 1. The van der Waals surface area contributed by atoms with Crippen molar-refractivity contribution in [3.8, 4) is 0 Å². The molecule has 0 spiro atoms. The lowest BCUT2D eigenvalue weighted by Crippen LogP contribution is -2.24. The molecular formula is C10H16N2. The van der Waals surface area contributed by atoms with Crippen LogP contribution >= 0.6 is 0 Å². The number of rotatable bonds is 3. The minimum Gasteiger partial charge on any atom is -0.329 e. The third-order valence-corrected chi connectivity index (χ3v) is 2.03. The van der Waals surface area contributed by atoms with Gasteiger partial charge in [0.25, 0.3) is 0 Å². The van der Waals surface area contributed by atoms with Gasteiger partial charge < -0.3 is 11.1 Å². The van der Waals surface area contributed by atoms with Crippen LogP contribution in [0, 0.1) is 6.92 Å². The maximum Gasteiger partial charge on any atom is 0.0442 e. The van der Waals surface area contributed by atoms with Crippen LogP contribution in [0.1, 0.15) is 17.2 Å². The van der Waals surface area contributed by atoms with Gasteiger partial charge in [0.2, 0.25) is 0 Å². The van der Waals surface area contributed by atoms with Crippen LogP contribution in [0.2, 0.25) is 0 Å². The molecule has 0 aliphatic heterocycles. The highest BCUT2D eigenvalue weighted by Gasteiger charge is 2.05. The largest absolute Gasteiger partial charge is 0.329 e. The van der Waals surface area contributed by atoms with E-state index < -0.39 is 0 Å². The molecule has 0 aliphatic rings. The van der Waals surface area contributed by atoms with E-state index >= 15 is 0 Å². The van der Waals surface area contributed by atoms with E-state index in [1.807, 2.05) is 7.05 Å². The van der Waals surface area contributed by atoms with Crippen molar-refractivity contribution in [3.63, 3.8) is 0 Å². The van der Waals surface area contributed by atoms with E-state index in [1.54, 1.807) is 0 Å². The molecule has 0 fully saturated rings. The van der Waals surface area contributed by atoms with Crippen LogP contribution in [0.25, 0.3) is 0 Å². The summed E-state index contributed by atoms with van der Waals surface area (Å²) >= 11 is 0. The first-order chi connectivity index (χ1) is 5.77. The van der Waals surface area contributed by atoms with E-state index in [0.29, 0.717) is 6.54 Å². The van der Waals surface area contributed by atoms with Crippen LogP contribution < -0.4 is 11.1 Å². The van der Waals surface area contributed by atoms with Gasteiger partial charge in [-0.15, -0.1) is 0 Å². The van der Waals surface area contributed by atoms with E-state index in [2.05, 4.69) is 36.5 Å². The Morgan fingerprint density at radius 1 is 1.50 bits per heavy atom. The molecule has 0 radical (unpaired) electrons. The van der Waals surface area contributed by atoms with Crippen molar-refractivity contribution in [1.29, 1.82) is 0 Å². The fraction of sp³-hybridized carbons (Fsp3) is 0.400. The number of nitrogens with two attached hydrogens (primary N) is 1. The van der Waals surface area contributed by atoms with Crippen molar-refractivity contribution < 1.29 is 0 Å². The molecule has 0 saturated heterocycles. The van der Waals surface area contributed by atoms with Crippen LogP contribution in [-0.2, 0) is 0 Å². The summed E-state index contributed by atoms with van der Waals surface area (Å²) in [6.45, 7) is 2.73. The smallest absolute Gasteiger partial charge is 0.0442 e. The Morgan fingerprint density at radius 2 is 2.25 bits per heavy atom. The second-order valence-corrected chi connectivity index (χ2v) is 2.99. The maximum atomic E-state index is 5.60. The lowest BCUT2D eigenvalue weighted by atomic mass is 10.1. The third kappa shape index (κ3) is 2.06. The lowest BCUT2D eigenvalue weighted by Gasteiger charge is -2.14. The standard InChI is InChI=1S/C10H16N2/c1-8-4-3-5-9(6-8)10(7-11)12-2/h3-6,10,12H,7,11H2,1-2H3/t10-/m0/s1. The Labute approximate surface area is 73.8 Å². The highest BCUT2D eigenvalue weighted by molar-refractivity contribution is 5.25. The van der Waals surface area contributed by atoms with Crippen molar-refractivity contribution >= 4 is 0 Å². The van der Waals surface area contributed by atoms with Crippen molar-refractivity contribution in [3.05, 3.63) is 35.4 Å². The van der Waals surface area contributed by atoms with Gasteiger partial charge >= 0.3 is 0 Å². The summed E-state index contributed by atoms with van der Waals surface area (Å²) in [5.41, 5.74) is 8.15. The van der Waals surface area contributed by atoms with Gasteiger partial charge in [0.05, 0.1) is 0 Å². The molecule has 0 heterocycles. The van der Waals surface area contributed by atoms with Gasteiger partial charge in [-0.2, -0.15) is 0 Å². The van der Waals surface area contributed by atoms with Gasteiger partial charge in [0.15, 0.2) is 0 Å². The van der Waals surface area contributed by atoms with Crippen molar-refractivity contribution in [2.24, 2.45) is 5.73 Å². The Bertz CT molecular complexity index is 241. The monoisotopic (exact) mass is 164 g/mol. The molecule has 2 nitrogen and oxygen atoms in total. The topological polar surface area (TPSA) is 38.0 Å². The normalized spacial score (nSPS) is 12.9. The second kappa shape index (κ2) is 4.24. The number of benzene rings is 1. The fourth-order valence-electron chi connectivity index (χ4n) is 1.31. The molecule has 0 saturated carbocycles. The zero-order valence-corrected chi connectivity index (χ0v) is 7.67. The first kappa shape index (κ1) is 9.23. The molecule has 2 heteroatoms. The van der Waals surface area contributed by atoms with Crippen molar-refractivity contribution in [1.82, 2.24) is 5.32 Å². The molecule has 66 valence electrons. The summed E-state index contributed by atoms with van der Waals surface area (Å²) in [6, 6.07) is 8.69. The van der Waals surface area contributed by atoms with Gasteiger partial charge in [-0.1, -0.05) is 29.8 Å². The average Bonchev–Trinajstić information content (AvgIpc) is 2.07. The number of likely N-dealkylation sites (N-methyl/N-ethyl adjacent to an activating group) is 1. The molecule has 12 heavy (non-hydrogen) atoms. The summed E-state index contributed by atoms with van der Waals surface area (Å²) in [7, 11) is 1.93. The first-order valence-corrected chi connectivity index (χ1v) is 4.22. The van der Waals surface area contributed by atoms with Crippen LogP contribution in [0.5, 0.6) is 0 Å². The first-order valence-electron chi connectivity index (χ1n) is 4.22. The SMILES string of the molecule is CN[C@@H](CN)c1cccc(C)c1. The van der Waals surface area contributed by atoms with E-state index in [9.17, 15) is 0 Å². The molecular weight excluding hydrogens is 148 g/mol. The molecule has 0 aliphatic carbocycles. The number of nitrogens with one attached hydrogen (secondary N) is 1. The van der Waals surface area contributed by atoms with Crippen molar-refractivity contribution in [2.75, 3.05) is 13.6 Å².